The Labute approximate surface area is 171 Å². The summed E-state index contributed by atoms with van der Waals surface area (Å²) in [6.07, 6.45) is 2.88. The Morgan fingerprint density at radius 3 is 2.83 bits per heavy atom. The van der Waals surface area contributed by atoms with Gasteiger partial charge < -0.3 is 11.1 Å². The molecular weight excluding hydrogens is 386 g/mol. The van der Waals surface area contributed by atoms with Gasteiger partial charge in [0.15, 0.2) is 0 Å². The monoisotopic (exact) mass is 407 g/mol. The van der Waals surface area contributed by atoms with Crippen molar-refractivity contribution < 1.29 is 4.79 Å². The number of nitrogens with one attached hydrogen (secondary N) is 2. The molecular formula is C20H21N7O3. The summed E-state index contributed by atoms with van der Waals surface area (Å²) in [4.78, 5) is 39.6. The Morgan fingerprint density at radius 1 is 1.37 bits per heavy atom. The second-order valence-electron chi connectivity index (χ2n) is 7.22. The van der Waals surface area contributed by atoms with E-state index in [2.05, 4.69) is 21.5 Å². The molecule has 0 spiro atoms. The van der Waals surface area contributed by atoms with Crippen LogP contribution < -0.4 is 22.3 Å². The molecule has 0 bridgehead atoms. The van der Waals surface area contributed by atoms with Crippen LogP contribution in [0.2, 0.25) is 0 Å². The lowest BCUT2D eigenvalue weighted by molar-refractivity contribution is 0.102. The first kappa shape index (κ1) is 20.6. The molecule has 3 rings (SSSR count). The van der Waals surface area contributed by atoms with Crippen molar-refractivity contribution in [3.8, 4) is 6.07 Å². The lowest BCUT2D eigenvalue weighted by Crippen LogP contribution is -2.39. The predicted molar refractivity (Wildman–Crippen MR) is 111 cm³/mol. The molecule has 4 N–H and O–H groups in total. The zero-order chi connectivity index (χ0) is 21.8. The first-order valence-electron chi connectivity index (χ1n) is 9.24. The summed E-state index contributed by atoms with van der Waals surface area (Å²) in [5, 5.41) is 15.6. The van der Waals surface area contributed by atoms with Gasteiger partial charge in [0.25, 0.3) is 11.5 Å². The lowest BCUT2D eigenvalue weighted by Gasteiger charge is -2.12. The quantitative estimate of drug-likeness (QED) is 0.557. The number of aromatic amines is 1. The van der Waals surface area contributed by atoms with E-state index in [0.29, 0.717) is 12.1 Å². The number of benzene rings is 1. The van der Waals surface area contributed by atoms with Crippen molar-refractivity contribution in [1.29, 1.82) is 5.26 Å². The van der Waals surface area contributed by atoms with Gasteiger partial charge in [-0.3, -0.25) is 23.8 Å². The highest BCUT2D eigenvalue weighted by molar-refractivity contribution is 6.05. The molecule has 0 aliphatic heterocycles. The molecule has 1 amide bonds. The van der Waals surface area contributed by atoms with E-state index in [9.17, 15) is 14.4 Å². The maximum absolute atomic E-state index is 12.6. The van der Waals surface area contributed by atoms with Crippen LogP contribution in [0.5, 0.6) is 0 Å². The number of aromatic nitrogens is 4. The zero-order valence-electron chi connectivity index (χ0n) is 16.5. The van der Waals surface area contributed by atoms with Crippen LogP contribution in [0, 0.1) is 17.2 Å². The van der Waals surface area contributed by atoms with Crippen LogP contribution in [0.25, 0.3) is 0 Å². The molecule has 0 radical (unpaired) electrons. The van der Waals surface area contributed by atoms with Gasteiger partial charge in [0.1, 0.15) is 11.5 Å². The Morgan fingerprint density at radius 2 is 2.13 bits per heavy atom. The summed E-state index contributed by atoms with van der Waals surface area (Å²) in [7, 11) is 0. The van der Waals surface area contributed by atoms with E-state index in [1.807, 2.05) is 19.9 Å². The largest absolute Gasteiger partial charge is 0.383 e. The van der Waals surface area contributed by atoms with Crippen LogP contribution in [0.15, 0.2) is 46.2 Å². The second-order valence-corrected chi connectivity index (χ2v) is 7.22. The van der Waals surface area contributed by atoms with Crippen molar-refractivity contribution in [2.24, 2.45) is 5.92 Å². The lowest BCUT2D eigenvalue weighted by atomic mass is 10.1. The molecule has 1 aromatic carbocycles. The number of carbonyl (C=O) groups excluding carboxylic acids is 1. The number of carbonyl (C=O) groups is 1. The van der Waals surface area contributed by atoms with E-state index in [1.165, 1.54) is 12.4 Å². The minimum atomic E-state index is -0.668. The smallest absolute Gasteiger partial charge is 0.330 e. The molecule has 0 aliphatic rings. The number of nitrogen functional groups attached to an aromatic ring is 1. The van der Waals surface area contributed by atoms with Crippen molar-refractivity contribution in [3.05, 3.63) is 74.2 Å². The molecule has 0 aliphatic carbocycles. The number of rotatable bonds is 6. The summed E-state index contributed by atoms with van der Waals surface area (Å²) in [6.45, 7) is 4.28. The van der Waals surface area contributed by atoms with E-state index in [4.69, 9.17) is 11.0 Å². The van der Waals surface area contributed by atoms with Gasteiger partial charge >= 0.3 is 5.69 Å². The van der Waals surface area contributed by atoms with Crippen molar-refractivity contribution in [3.63, 3.8) is 0 Å². The van der Waals surface area contributed by atoms with E-state index < -0.39 is 17.2 Å². The average Bonchev–Trinajstić information content (AvgIpc) is 3.17. The number of H-pyrrole nitrogens is 1. The molecule has 10 nitrogen and oxygen atoms in total. The molecule has 0 fully saturated rings. The Bertz CT molecular complexity index is 1240. The summed E-state index contributed by atoms with van der Waals surface area (Å²) < 4.78 is 2.54. The van der Waals surface area contributed by atoms with E-state index in [1.54, 1.807) is 22.9 Å². The number of hydrogen-bond donors (Lipinski definition) is 3. The van der Waals surface area contributed by atoms with Crippen molar-refractivity contribution >= 4 is 17.4 Å². The third-order valence-corrected chi connectivity index (χ3v) is 4.30. The fourth-order valence-electron chi connectivity index (χ4n) is 2.92. The summed E-state index contributed by atoms with van der Waals surface area (Å²) in [5.41, 5.74) is 5.87. The van der Waals surface area contributed by atoms with Gasteiger partial charge in [-0.2, -0.15) is 10.4 Å². The SMILES string of the molecule is CC(C)Cn1c(=O)[nH]c(N)c(NC(=O)c2cnn(Cc3cccc(C#N)c3)c2)c1=O. The molecule has 0 saturated heterocycles. The predicted octanol–water partition coefficient (Wildman–Crippen LogP) is 1.14. The molecule has 0 atom stereocenters. The third kappa shape index (κ3) is 4.47. The summed E-state index contributed by atoms with van der Waals surface area (Å²) in [6, 6.07) is 9.13. The second kappa shape index (κ2) is 8.48. The number of nitrogens with two attached hydrogens (primary N) is 1. The fraction of sp³-hybridized carbons (Fsp3) is 0.250. The van der Waals surface area contributed by atoms with Gasteiger partial charge in [-0.25, -0.2) is 4.79 Å². The first-order valence-corrected chi connectivity index (χ1v) is 9.24. The topological polar surface area (TPSA) is 152 Å². The maximum Gasteiger partial charge on any atom is 0.330 e. The van der Waals surface area contributed by atoms with Crippen LogP contribution in [-0.2, 0) is 13.1 Å². The van der Waals surface area contributed by atoms with E-state index >= 15 is 0 Å². The first-order chi connectivity index (χ1) is 14.3. The molecule has 10 heteroatoms. The summed E-state index contributed by atoms with van der Waals surface area (Å²) in [5.74, 6) is -0.744. The molecule has 0 unspecified atom stereocenters. The average molecular weight is 407 g/mol. The van der Waals surface area contributed by atoms with Crippen LogP contribution in [0.3, 0.4) is 0 Å². The minimum absolute atomic E-state index is 0.0498. The highest BCUT2D eigenvalue weighted by atomic mass is 16.2. The standard InChI is InChI=1S/C20H21N7O3/c1-12(2)9-27-19(29)16(17(22)25-20(27)30)24-18(28)15-8-23-26(11-15)10-14-5-3-4-13(6-14)7-21/h3-6,8,11-12H,9-10,22H2,1-2H3,(H,24,28)(H,25,30). The van der Waals surface area contributed by atoms with Crippen LogP contribution >= 0.6 is 0 Å². The van der Waals surface area contributed by atoms with E-state index in [0.717, 1.165) is 10.1 Å². The highest BCUT2D eigenvalue weighted by Gasteiger charge is 2.17. The molecule has 3 aromatic rings. The highest BCUT2D eigenvalue weighted by Crippen LogP contribution is 2.11. The van der Waals surface area contributed by atoms with E-state index in [-0.39, 0.29) is 29.5 Å². The van der Waals surface area contributed by atoms with Crippen LogP contribution in [0.1, 0.15) is 35.3 Å². The Kier molecular flexibility index (Phi) is 5.83. The number of amides is 1. The molecule has 154 valence electrons. The molecule has 30 heavy (non-hydrogen) atoms. The van der Waals surface area contributed by atoms with Gasteiger partial charge in [-0.15, -0.1) is 0 Å². The normalized spacial score (nSPS) is 10.7. The maximum atomic E-state index is 12.6. The van der Waals surface area contributed by atoms with Crippen molar-refractivity contribution in [1.82, 2.24) is 19.3 Å². The van der Waals surface area contributed by atoms with Gasteiger partial charge in [0, 0.05) is 12.7 Å². The molecule has 2 heterocycles. The number of anilines is 2. The Balaban J connectivity index is 1.81. The van der Waals surface area contributed by atoms with Gasteiger partial charge in [0.2, 0.25) is 0 Å². The van der Waals surface area contributed by atoms with Gasteiger partial charge in [-0.1, -0.05) is 26.0 Å². The van der Waals surface area contributed by atoms with Crippen molar-refractivity contribution in [2.75, 3.05) is 11.1 Å². The minimum Gasteiger partial charge on any atom is -0.383 e. The summed E-state index contributed by atoms with van der Waals surface area (Å²) >= 11 is 0. The zero-order valence-corrected chi connectivity index (χ0v) is 16.5. The number of nitrogens with zero attached hydrogens (tertiary/aromatic N) is 4. The van der Waals surface area contributed by atoms with Gasteiger partial charge in [-0.05, 0) is 23.6 Å². The Hall–Kier alpha value is -4.13. The third-order valence-electron chi connectivity index (χ3n) is 4.30. The molecule has 0 saturated carbocycles. The fourth-order valence-corrected chi connectivity index (χ4v) is 2.92. The van der Waals surface area contributed by atoms with Crippen LogP contribution in [0.4, 0.5) is 11.5 Å². The van der Waals surface area contributed by atoms with Crippen molar-refractivity contribution in [2.45, 2.75) is 26.9 Å². The number of hydrogen-bond acceptors (Lipinski definition) is 6. The van der Waals surface area contributed by atoms with Crippen LogP contribution in [-0.4, -0.2) is 25.2 Å². The molecule has 2 aromatic heterocycles. The van der Waals surface area contributed by atoms with Gasteiger partial charge in [0.05, 0.1) is 29.9 Å². The number of nitriles is 1.